The fourth-order valence-corrected chi connectivity index (χ4v) is 8.15. The molecular weight excluding hydrogens is 452 g/mol. The van der Waals surface area contributed by atoms with E-state index in [1.165, 1.54) is 0 Å². The average molecular weight is 491 g/mol. The molecule has 8 heteroatoms. The molecule has 35 heavy (non-hydrogen) atoms. The molecule has 0 radical (unpaired) electrons. The number of esters is 1. The van der Waals surface area contributed by atoms with E-state index in [0.717, 1.165) is 31.3 Å². The zero-order chi connectivity index (χ0) is 25.5. The Kier molecular flexibility index (Phi) is 7.26. The molecular formula is C27H38O8. The Bertz CT molecular complexity index is 924. The van der Waals surface area contributed by atoms with Crippen molar-refractivity contribution in [1.82, 2.24) is 0 Å². The molecule has 194 valence electrons. The molecule has 3 fully saturated rings. The van der Waals surface area contributed by atoms with Crippen LogP contribution in [0.4, 0.5) is 0 Å². The molecule has 1 unspecified atom stereocenters. The third-order valence-corrected chi connectivity index (χ3v) is 9.60. The molecule has 8 atom stereocenters. The minimum absolute atomic E-state index is 0.0909. The Balaban J connectivity index is 1.54. The van der Waals surface area contributed by atoms with E-state index >= 15 is 0 Å². The van der Waals surface area contributed by atoms with Gasteiger partial charge in [-0.3, -0.25) is 19.2 Å². The van der Waals surface area contributed by atoms with Gasteiger partial charge in [0.1, 0.15) is 12.7 Å². The van der Waals surface area contributed by atoms with Gasteiger partial charge in [0.2, 0.25) is 0 Å². The summed E-state index contributed by atoms with van der Waals surface area (Å²) in [5.41, 5.74) is 0.534. The highest BCUT2D eigenvalue weighted by Crippen LogP contribution is 2.67. The number of hydrogen-bond donors (Lipinski definition) is 2. The van der Waals surface area contributed by atoms with Gasteiger partial charge in [0, 0.05) is 12.5 Å². The molecule has 0 bridgehead atoms. The van der Waals surface area contributed by atoms with Gasteiger partial charge in [-0.25, -0.2) is 0 Å². The first-order valence-electron chi connectivity index (χ1n) is 13.0. The monoisotopic (exact) mass is 490 g/mol. The van der Waals surface area contributed by atoms with Crippen molar-refractivity contribution in [2.45, 2.75) is 84.3 Å². The zero-order valence-corrected chi connectivity index (χ0v) is 21.0. The smallest absolute Gasteiger partial charge is 0.306 e. The summed E-state index contributed by atoms with van der Waals surface area (Å²) in [7, 11) is 0. The Hall–Kier alpha value is -2.06. The van der Waals surface area contributed by atoms with Gasteiger partial charge in [-0.15, -0.1) is 0 Å². The lowest BCUT2D eigenvalue weighted by molar-refractivity contribution is -0.165. The van der Waals surface area contributed by atoms with Crippen LogP contribution in [0.25, 0.3) is 0 Å². The molecule has 2 N–H and O–H groups in total. The van der Waals surface area contributed by atoms with Crippen LogP contribution >= 0.6 is 0 Å². The summed E-state index contributed by atoms with van der Waals surface area (Å²) in [6.45, 7) is 6.55. The van der Waals surface area contributed by atoms with Crippen molar-refractivity contribution in [2.75, 3.05) is 13.2 Å². The predicted molar refractivity (Wildman–Crippen MR) is 125 cm³/mol. The van der Waals surface area contributed by atoms with Gasteiger partial charge in [-0.2, -0.15) is 0 Å². The third kappa shape index (κ3) is 4.59. The van der Waals surface area contributed by atoms with Crippen LogP contribution in [-0.2, 0) is 28.7 Å². The molecule has 0 spiro atoms. The summed E-state index contributed by atoms with van der Waals surface area (Å²) < 4.78 is 11.5. The number of ether oxygens (including phenoxy) is 2. The second-order valence-electron chi connectivity index (χ2n) is 11.4. The van der Waals surface area contributed by atoms with Crippen LogP contribution in [0.2, 0.25) is 0 Å². The topological polar surface area (TPSA) is 127 Å². The maximum atomic E-state index is 13.2. The number of Topliss-reactive ketones (excluding diaryl/α,β-unsaturated/α-hetero) is 1. The summed E-state index contributed by atoms with van der Waals surface area (Å²) in [5, 5.41) is 19.2. The molecule has 3 saturated carbocycles. The van der Waals surface area contributed by atoms with Crippen LogP contribution in [0.5, 0.6) is 0 Å². The van der Waals surface area contributed by atoms with Crippen LogP contribution in [0.3, 0.4) is 0 Å². The molecule has 4 rings (SSSR count). The summed E-state index contributed by atoms with van der Waals surface area (Å²) in [6.07, 6.45) is 4.57. The fraction of sp³-hybridized carbons (Fsp3) is 0.778. The Morgan fingerprint density at radius 2 is 1.86 bits per heavy atom. The van der Waals surface area contributed by atoms with Gasteiger partial charge < -0.3 is 19.7 Å². The SMILES string of the molecule is CCO[C@@H]1C[C@]2(C)[C@H](C(=O)COC(=O)CCC(=O)O)CC[C@H]2[C@@H]2CCC3=CC(=O)C(O)C[C@]3(C)[C@H]21. The van der Waals surface area contributed by atoms with Gasteiger partial charge in [0.15, 0.2) is 11.6 Å². The number of fused-ring (bicyclic) bond motifs is 5. The van der Waals surface area contributed by atoms with E-state index in [2.05, 4.69) is 13.8 Å². The number of aliphatic hydroxyl groups is 1. The van der Waals surface area contributed by atoms with Gasteiger partial charge in [-0.05, 0) is 80.1 Å². The molecule has 0 aromatic rings. The molecule has 4 aliphatic carbocycles. The van der Waals surface area contributed by atoms with Gasteiger partial charge in [-0.1, -0.05) is 19.4 Å². The summed E-state index contributed by atoms with van der Waals surface area (Å²) in [5.74, 6) is -1.48. The van der Waals surface area contributed by atoms with E-state index < -0.39 is 18.0 Å². The van der Waals surface area contributed by atoms with E-state index in [4.69, 9.17) is 14.6 Å². The number of hydrogen-bond acceptors (Lipinski definition) is 7. The zero-order valence-electron chi connectivity index (χ0n) is 21.0. The Morgan fingerprint density at radius 3 is 2.54 bits per heavy atom. The Morgan fingerprint density at radius 1 is 1.11 bits per heavy atom. The highest BCUT2D eigenvalue weighted by molar-refractivity contribution is 5.95. The molecule has 8 nitrogen and oxygen atoms in total. The van der Waals surface area contributed by atoms with E-state index in [0.29, 0.717) is 31.3 Å². The van der Waals surface area contributed by atoms with Crippen molar-refractivity contribution < 1.29 is 38.9 Å². The van der Waals surface area contributed by atoms with Gasteiger partial charge in [0.25, 0.3) is 0 Å². The number of aliphatic hydroxyl groups excluding tert-OH is 1. The molecule has 4 aliphatic rings. The largest absolute Gasteiger partial charge is 0.481 e. The van der Waals surface area contributed by atoms with Crippen molar-refractivity contribution in [3.63, 3.8) is 0 Å². The van der Waals surface area contributed by atoms with Crippen molar-refractivity contribution in [1.29, 1.82) is 0 Å². The van der Waals surface area contributed by atoms with E-state index in [1.807, 2.05) is 6.92 Å². The lowest BCUT2D eigenvalue weighted by Gasteiger charge is -2.60. The highest BCUT2D eigenvalue weighted by atomic mass is 16.5. The lowest BCUT2D eigenvalue weighted by atomic mass is 9.45. The van der Waals surface area contributed by atoms with E-state index in [-0.39, 0.29) is 59.8 Å². The minimum atomic E-state index is -1.08. The average Bonchev–Trinajstić information content (AvgIpc) is 3.14. The number of allylic oxidation sites excluding steroid dienone is 1. The second kappa shape index (κ2) is 9.77. The lowest BCUT2D eigenvalue weighted by Crippen LogP contribution is -2.58. The van der Waals surface area contributed by atoms with Crippen LogP contribution in [-0.4, -0.2) is 59.1 Å². The molecule has 0 aromatic carbocycles. The maximum absolute atomic E-state index is 13.2. The maximum Gasteiger partial charge on any atom is 0.306 e. The first-order chi connectivity index (χ1) is 16.5. The van der Waals surface area contributed by atoms with Crippen molar-refractivity contribution in [3.8, 4) is 0 Å². The number of carboxylic acids is 1. The minimum Gasteiger partial charge on any atom is -0.481 e. The molecule has 0 aromatic heterocycles. The summed E-state index contributed by atoms with van der Waals surface area (Å²) >= 11 is 0. The fourth-order valence-electron chi connectivity index (χ4n) is 8.15. The molecule has 0 heterocycles. The van der Waals surface area contributed by atoms with Crippen LogP contribution in [0.1, 0.15) is 72.1 Å². The molecule has 0 saturated heterocycles. The first-order valence-corrected chi connectivity index (χ1v) is 13.0. The first kappa shape index (κ1) is 26.0. The highest BCUT2D eigenvalue weighted by Gasteiger charge is 2.64. The number of aliphatic carboxylic acids is 1. The van der Waals surface area contributed by atoms with E-state index in [1.54, 1.807) is 6.08 Å². The number of rotatable bonds is 8. The van der Waals surface area contributed by atoms with Crippen LogP contribution < -0.4 is 0 Å². The number of carboxylic acid groups (broad SMARTS) is 1. The van der Waals surface area contributed by atoms with Gasteiger partial charge >= 0.3 is 11.9 Å². The standard InChI is InChI=1S/C27H38O8/c1-4-34-22-13-27(3)17(7-8-18(27)21(30)14-35-24(33)10-9-23(31)32)16-6-5-15-11-19(28)20(29)12-26(15,2)25(16)22/h11,16-18,20,22,25,29H,4-10,12-14H2,1-3H3,(H,31,32)/t16-,17-,18-,20?,22+,25+,26-,27-/m0/s1. The van der Waals surface area contributed by atoms with E-state index in [9.17, 15) is 24.3 Å². The van der Waals surface area contributed by atoms with Crippen LogP contribution in [0.15, 0.2) is 11.6 Å². The second-order valence-corrected chi connectivity index (χ2v) is 11.4. The quantitative estimate of drug-likeness (QED) is 0.497. The molecule has 0 aliphatic heterocycles. The van der Waals surface area contributed by atoms with Crippen LogP contribution in [0, 0.1) is 34.5 Å². The van der Waals surface area contributed by atoms with Crippen molar-refractivity contribution >= 4 is 23.5 Å². The van der Waals surface area contributed by atoms with Crippen molar-refractivity contribution in [2.24, 2.45) is 34.5 Å². The predicted octanol–water partition coefficient (Wildman–Crippen LogP) is 3.10. The summed E-state index contributed by atoms with van der Waals surface area (Å²) in [6, 6.07) is 0. The number of carbonyl (C=O) groups is 4. The van der Waals surface area contributed by atoms with Crippen molar-refractivity contribution in [3.05, 3.63) is 11.6 Å². The summed E-state index contributed by atoms with van der Waals surface area (Å²) in [4.78, 5) is 48.0. The van der Waals surface area contributed by atoms with Gasteiger partial charge in [0.05, 0.1) is 18.9 Å². The molecule has 0 amide bonds. The normalized spacial score (nSPS) is 40.2. The number of carbonyl (C=O) groups excluding carboxylic acids is 3. The number of ketones is 2. The Labute approximate surface area is 206 Å². The third-order valence-electron chi connectivity index (χ3n) is 9.60.